The van der Waals surface area contributed by atoms with Crippen molar-refractivity contribution in [3.05, 3.63) is 66.1 Å². The van der Waals surface area contributed by atoms with Crippen molar-refractivity contribution in [2.24, 2.45) is 0 Å². The molecule has 2 aromatic carbocycles. The van der Waals surface area contributed by atoms with Crippen molar-refractivity contribution in [1.29, 1.82) is 0 Å². The first-order chi connectivity index (χ1) is 8.83. The Morgan fingerprint density at radius 1 is 0.944 bits per heavy atom. The van der Waals surface area contributed by atoms with Crippen LogP contribution in [0.25, 0.3) is 10.8 Å². The maximum atomic E-state index is 5.55. The highest BCUT2D eigenvalue weighted by atomic mass is 16.3. The molecular formula is C16H15NO. The third kappa shape index (κ3) is 2.09. The van der Waals surface area contributed by atoms with Gasteiger partial charge in [0.25, 0.3) is 0 Å². The van der Waals surface area contributed by atoms with Gasteiger partial charge in [-0.15, -0.1) is 0 Å². The van der Waals surface area contributed by atoms with E-state index in [1.165, 1.54) is 10.8 Å². The van der Waals surface area contributed by atoms with Crippen LogP contribution in [0.3, 0.4) is 0 Å². The van der Waals surface area contributed by atoms with E-state index in [2.05, 4.69) is 47.8 Å². The molecule has 3 rings (SSSR count). The van der Waals surface area contributed by atoms with Gasteiger partial charge in [0.05, 0.1) is 6.54 Å². The minimum absolute atomic E-state index is 0.710. The first-order valence-corrected chi connectivity index (χ1v) is 6.10. The van der Waals surface area contributed by atoms with Crippen LogP contribution in [0.1, 0.15) is 11.5 Å². The highest BCUT2D eigenvalue weighted by molar-refractivity contribution is 5.93. The molecule has 2 heteroatoms. The summed E-state index contributed by atoms with van der Waals surface area (Å²) in [6.07, 6.45) is 0. The summed E-state index contributed by atoms with van der Waals surface area (Å²) in [6, 6.07) is 18.6. The van der Waals surface area contributed by atoms with Gasteiger partial charge >= 0.3 is 0 Å². The fraction of sp³-hybridized carbons (Fsp3) is 0.125. The van der Waals surface area contributed by atoms with Gasteiger partial charge in [-0.05, 0) is 30.5 Å². The zero-order valence-corrected chi connectivity index (χ0v) is 10.3. The average Bonchev–Trinajstić information content (AvgIpc) is 2.82. The summed E-state index contributed by atoms with van der Waals surface area (Å²) >= 11 is 0. The zero-order valence-electron chi connectivity index (χ0n) is 10.3. The molecule has 0 amide bonds. The van der Waals surface area contributed by atoms with Gasteiger partial charge in [-0.2, -0.15) is 0 Å². The second-order valence-corrected chi connectivity index (χ2v) is 4.39. The van der Waals surface area contributed by atoms with Gasteiger partial charge < -0.3 is 9.73 Å². The van der Waals surface area contributed by atoms with Gasteiger partial charge in [0.15, 0.2) is 0 Å². The number of benzene rings is 2. The van der Waals surface area contributed by atoms with E-state index < -0.39 is 0 Å². The van der Waals surface area contributed by atoms with Gasteiger partial charge in [0.1, 0.15) is 11.5 Å². The molecule has 18 heavy (non-hydrogen) atoms. The van der Waals surface area contributed by atoms with E-state index in [-0.39, 0.29) is 0 Å². The number of aryl methyl sites for hydroxylation is 1. The van der Waals surface area contributed by atoms with Crippen LogP contribution in [-0.4, -0.2) is 0 Å². The van der Waals surface area contributed by atoms with Crippen LogP contribution < -0.4 is 5.32 Å². The van der Waals surface area contributed by atoms with Crippen LogP contribution in [-0.2, 0) is 6.54 Å². The molecule has 0 aliphatic heterocycles. The minimum Gasteiger partial charge on any atom is -0.465 e. The molecule has 0 aliphatic rings. The van der Waals surface area contributed by atoms with Crippen LogP contribution in [0.2, 0.25) is 0 Å². The minimum atomic E-state index is 0.710. The maximum Gasteiger partial charge on any atom is 0.123 e. The Morgan fingerprint density at radius 2 is 1.78 bits per heavy atom. The second-order valence-electron chi connectivity index (χ2n) is 4.39. The summed E-state index contributed by atoms with van der Waals surface area (Å²) in [5.74, 6) is 1.91. The van der Waals surface area contributed by atoms with Crippen LogP contribution in [0.15, 0.2) is 59.0 Å². The number of hydrogen-bond donors (Lipinski definition) is 1. The number of hydrogen-bond acceptors (Lipinski definition) is 2. The van der Waals surface area contributed by atoms with Crippen molar-refractivity contribution >= 4 is 16.5 Å². The van der Waals surface area contributed by atoms with E-state index in [9.17, 15) is 0 Å². The Kier molecular flexibility index (Phi) is 2.77. The molecule has 90 valence electrons. The van der Waals surface area contributed by atoms with E-state index in [1.807, 2.05) is 19.1 Å². The smallest absolute Gasteiger partial charge is 0.123 e. The maximum absolute atomic E-state index is 5.55. The first kappa shape index (κ1) is 10.9. The molecule has 0 fully saturated rings. The molecule has 0 saturated carbocycles. The average molecular weight is 237 g/mol. The molecule has 0 unspecified atom stereocenters. The lowest BCUT2D eigenvalue weighted by Gasteiger charge is -2.08. The Balaban J connectivity index is 1.86. The Bertz CT molecular complexity index is 664. The Labute approximate surface area is 106 Å². The summed E-state index contributed by atoms with van der Waals surface area (Å²) in [4.78, 5) is 0. The highest BCUT2D eigenvalue weighted by Gasteiger charge is 2.01. The molecule has 0 saturated heterocycles. The molecule has 1 N–H and O–H groups in total. The number of rotatable bonds is 3. The Hall–Kier alpha value is -2.22. The zero-order chi connectivity index (χ0) is 12.4. The molecule has 2 nitrogen and oxygen atoms in total. The summed E-state index contributed by atoms with van der Waals surface area (Å²) in [5, 5.41) is 5.91. The fourth-order valence-electron chi connectivity index (χ4n) is 2.14. The Morgan fingerprint density at radius 3 is 2.61 bits per heavy atom. The monoisotopic (exact) mass is 237 g/mol. The van der Waals surface area contributed by atoms with Gasteiger partial charge in [0, 0.05) is 11.1 Å². The van der Waals surface area contributed by atoms with Crippen LogP contribution >= 0.6 is 0 Å². The van der Waals surface area contributed by atoms with Gasteiger partial charge in [-0.3, -0.25) is 0 Å². The van der Waals surface area contributed by atoms with Crippen molar-refractivity contribution in [2.45, 2.75) is 13.5 Å². The quantitative estimate of drug-likeness (QED) is 0.732. The molecule has 0 spiro atoms. The largest absolute Gasteiger partial charge is 0.465 e. The van der Waals surface area contributed by atoms with Crippen molar-refractivity contribution in [3.8, 4) is 0 Å². The van der Waals surface area contributed by atoms with E-state index in [0.29, 0.717) is 6.54 Å². The molecule has 1 aromatic heterocycles. The van der Waals surface area contributed by atoms with Gasteiger partial charge in [0.2, 0.25) is 0 Å². The number of nitrogens with one attached hydrogen (secondary N) is 1. The van der Waals surface area contributed by atoms with Crippen LogP contribution in [0.5, 0.6) is 0 Å². The predicted octanol–water partition coefficient (Wildman–Crippen LogP) is 4.35. The van der Waals surface area contributed by atoms with Crippen molar-refractivity contribution < 1.29 is 4.42 Å². The lowest BCUT2D eigenvalue weighted by atomic mass is 10.1. The lowest BCUT2D eigenvalue weighted by Crippen LogP contribution is -1.98. The molecule has 0 radical (unpaired) electrons. The molecule has 0 bridgehead atoms. The number of anilines is 1. The van der Waals surface area contributed by atoms with E-state index in [0.717, 1.165) is 17.2 Å². The van der Waals surface area contributed by atoms with Crippen LogP contribution in [0.4, 0.5) is 5.69 Å². The molecular weight excluding hydrogens is 222 g/mol. The summed E-state index contributed by atoms with van der Waals surface area (Å²) < 4.78 is 5.55. The van der Waals surface area contributed by atoms with Crippen molar-refractivity contribution in [1.82, 2.24) is 0 Å². The molecule has 3 aromatic rings. The summed E-state index contributed by atoms with van der Waals surface area (Å²) in [5.41, 5.74) is 1.14. The van der Waals surface area contributed by atoms with Crippen LogP contribution in [0, 0.1) is 6.92 Å². The lowest BCUT2D eigenvalue weighted by molar-refractivity contribution is 0.490. The van der Waals surface area contributed by atoms with E-state index >= 15 is 0 Å². The topological polar surface area (TPSA) is 25.2 Å². The molecule has 0 aliphatic carbocycles. The first-order valence-electron chi connectivity index (χ1n) is 6.10. The number of furan rings is 1. The van der Waals surface area contributed by atoms with E-state index in [1.54, 1.807) is 0 Å². The number of fused-ring (bicyclic) bond motifs is 1. The van der Waals surface area contributed by atoms with Gasteiger partial charge in [-0.1, -0.05) is 36.4 Å². The molecule has 1 heterocycles. The fourth-order valence-corrected chi connectivity index (χ4v) is 2.14. The highest BCUT2D eigenvalue weighted by Crippen LogP contribution is 2.23. The SMILES string of the molecule is Cc1ccc(CNc2cccc3ccccc23)o1. The third-order valence-electron chi connectivity index (χ3n) is 3.04. The summed E-state index contributed by atoms with van der Waals surface area (Å²) in [6.45, 7) is 2.67. The van der Waals surface area contributed by atoms with E-state index in [4.69, 9.17) is 4.42 Å². The predicted molar refractivity (Wildman–Crippen MR) is 74.7 cm³/mol. The van der Waals surface area contributed by atoms with Crippen molar-refractivity contribution in [3.63, 3.8) is 0 Å². The normalized spacial score (nSPS) is 10.7. The standard InChI is InChI=1S/C16H15NO/c1-12-9-10-14(18-12)11-17-16-8-4-6-13-5-2-3-7-15(13)16/h2-10,17H,11H2,1H3. The second kappa shape index (κ2) is 4.57. The third-order valence-corrected chi connectivity index (χ3v) is 3.04. The molecule has 0 atom stereocenters. The summed E-state index contributed by atoms with van der Waals surface area (Å²) in [7, 11) is 0. The van der Waals surface area contributed by atoms with Gasteiger partial charge in [-0.25, -0.2) is 0 Å². The van der Waals surface area contributed by atoms with Crippen molar-refractivity contribution in [2.75, 3.05) is 5.32 Å².